The minimum atomic E-state index is 0.564. The molecule has 0 heterocycles. The van der Waals surface area contributed by atoms with Crippen molar-refractivity contribution in [3.8, 4) is 0 Å². The largest absolute Gasteiger partial charge is 0.310 e. The number of nitrogens with one attached hydrogen (secondary N) is 1. The molecule has 1 aromatic carbocycles. The molecule has 1 saturated carbocycles. The summed E-state index contributed by atoms with van der Waals surface area (Å²) in [6, 6.07) is 9.53. The van der Waals surface area contributed by atoms with Crippen LogP contribution in [0.5, 0.6) is 0 Å². The van der Waals surface area contributed by atoms with Crippen molar-refractivity contribution in [3.05, 3.63) is 35.4 Å². The van der Waals surface area contributed by atoms with Crippen LogP contribution >= 0.6 is 0 Å². The van der Waals surface area contributed by atoms with Gasteiger partial charge in [-0.05, 0) is 36.4 Å². The average molecular weight is 245 g/mol. The van der Waals surface area contributed by atoms with Gasteiger partial charge in [-0.1, -0.05) is 63.8 Å². The number of hydrogen-bond acceptors (Lipinski definition) is 1. The highest BCUT2D eigenvalue weighted by Crippen LogP contribution is 2.34. The molecule has 0 bridgehead atoms. The van der Waals surface area contributed by atoms with Crippen LogP contribution in [0.1, 0.15) is 63.1 Å². The Morgan fingerprint density at radius 2 is 1.89 bits per heavy atom. The van der Waals surface area contributed by atoms with Crippen LogP contribution in [0.15, 0.2) is 24.3 Å². The first kappa shape index (κ1) is 13.6. The fraction of sp³-hybridized carbons (Fsp3) is 0.647. The first-order valence-electron chi connectivity index (χ1n) is 7.66. The first-order chi connectivity index (χ1) is 8.85. The number of aryl methyl sites for hydroxylation is 1. The summed E-state index contributed by atoms with van der Waals surface area (Å²) in [5.74, 6) is 0.943. The van der Waals surface area contributed by atoms with E-state index in [1.807, 2.05) is 0 Å². The molecule has 100 valence electrons. The van der Waals surface area contributed by atoms with E-state index in [1.54, 1.807) is 0 Å². The van der Waals surface area contributed by atoms with E-state index in [0.29, 0.717) is 6.04 Å². The van der Waals surface area contributed by atoms with Gasteiger partial charge in [0.15, 0.2) is 0 Å². The molecule has 1 atom stereocenters. The van der Waals surface area contributed by atoms with Crippen LogP contribution in [0.25, 0.3) is 0 Å². The van der Waals surface area contributed by atoms with Gasteiger partial charge in [0.25, 0.3) is 0 Å². The van der Waals surface area contributed by atoms with Gasteiger partial charge in [0.1, 0.15) is 0 Å². The van der Waals surface area contributed by atoms with Gasteiger partial charge in [-0.2, -0.15) is 0 Å². The van der Waals surface area contributed by atoms with E-state index in [0.717, 1.165) is 18.9 Å². The summed E-state index contributed by atoms with van der Waals surface area (Å²) < 4.78 is 0. The molecule has 0 spiro atoms. The Balaban J connectivity index is 2.11. The third-order valence-corrected chi connectivity index (χ3v) is 4.31. The molecule has 0 radical (unpaired) electrons. The number of benzene rings is 1. The van der Waals surface area contributed by atoms with E-state index in [9.17, 15) is 0 Å². The summed E-state index contributed by atoms with van der Waals surface area (Å²) in [6.45, 7) is 5.54. The second-order valence-corrected chi connectivity index (χ2v) is 5.55. The maximum atomic E-state index is 3.70. The zero-order valence-electron chi connectivity index (χ0n) is 11.9. The van der Waals surface area contributed by atoms with Crippen LogP contribution in [0.4, 0.5) is 0 Å². The van der Waals surface area contributed by atoms with E-state index in [4.69, 9.17) is 0 Å². The lowest BCUT2D eigenvalue weighted by atomic mass is 9.90. The molecule has 1 nitrogen and oxygen atoms in total. The minimum absolute atomic E-state index is 0.564. The van der Waals surface area contributed by atoms with Gasteiger partial charge in [-0.25, -0.2) is 0 Å². The molecule has 1 aliphatic carbocycles. The summed E-state index contributed by atoms with van der Waals surface area (Å²) in [6.07, 6.45) is 8.23. The van der Waals surface area contributed by atoms with E-state index in [-0.39, 0.29) is 0 Å². The first-order valence-corrected chi connectivity index (χ1v) is 7.66. The van der Waals surface area contributed by atoms with Crippen molar-refractivity contribution in [2.24, 2.45) is 5.92 Å². The molecule has 0 amide bonds. The molecule has 18 heavy (non-hydrogen) atoms. The zero-order chi connectivity index (χ0) is 12.8. The Morgan fingerprint density at radius 3 is 2.56 bits per heavy atom. The number of hydrogen-bond donors (Lipinski definition) is 1. The monoisotopic (exact) mass is 245 g/mol. The second kappa shape index (κ2) is 6.94. The van der Waals surface area contributed by atoms with Crippen LogP contribution in [0.2, 0.25) is 0 Å². The molecule has 0 aliphatic heterocycles. The Kier molecular flexibility index (Phi) is 5.25. The van der Waals surface area contributed by atoms with Crippen LogP contribution < -0.4 is 5.32 Å². The Hall–Kier alpha value is -0.820. The molecule has 1 aromatic rings. The molecule has 1 heteroatoms. The molecule has 1 aliphatic rings. The van der Waals surface area contributed by atoms with E-state index in [2.05, 4.69) is 43.4 Å². The van der Waals surface area contributed by atoms with Gasteiger partial charge < -0.3 is 5.32 Å². The molecule has 1 fully saturated rings. The van der Waals surface area contributed by atoms with Gasteiger partial charge in [0.2, 0.25) is 0 Å². The quantitative estimate of drug-likeness (QED) is 0.779. The summed E-state index contributed by atoms with van der Waals surface area (Å²) >= 11 is 0. The van der Waals surface area contributed by atoms with Gasteiger partial charge in [0.05, 0.1) is 0 Å². The average Bonchev–Trinajstić information content (AvgIpc) is 2.91. The zero-order valence-corrected chi connectivity index (χ0v) is 11.9. The standard InChI is InChI=1S/C17H27N/c1-3-15-11-7-8-12-16(15)17(18-4-2)13-14-9-5-6-10-14/h7-8,11-12,14,17-18H,3-6,9-10,13H2,1-2H3. The van der Waals surface area contributed by atoms with Crippen molar-refractivity contribution >= 4 is 0 Å². The topological polar surface area (TPSA) is 12.0 Å². The molecule has 0 aromatic heterocycles. The second-order valence-electron chi connectivity index (χ2n) is 5.55. The molecule has 1 unspecified atom stereocenters. The van der Waals surface area contributed by atoms with Crippen molar-refractivity contribution in [2.45, 2.75) is 58.4 Å². The predicted octanol–water partition coefficient (Wildman–Crippen LogP) is 4.48. The molecular formula is C17H27N. The van der Waals surface area contributed by atoms with Gasteiger partial charge in [0, 0.05) is 6.04 Å². The van der Waals surface area contributed by atoms with Crippen molar-refractivity contribution in [2.75, 3.05) is 6.54 Å². The minimum Gasteiger partial charge on any atom is -0.310 e. The smallest absolute Gasteiger partial charge is 0.0325 e. The highest BCUT2D eigenvalue weighted by atomic mass is 14.9. The van der Waals surface area contributed by atoms with Gasteiger partial charge in [-0.3, -0.25) is 0 Å². The fourth-order valence-corrected chi connectivity index (χ4v) is 3.34. The van der Waals surface area contributed by atoms with Crippen LogP contribution in [0.3, 0.4) is 0 Å². The summed E-state index contributed by atoms with van der Waals surface area (Å²) in [5, 5.41) is 3.70. The highest BCUT2D eigenvalue weighted by Gasteiger charge is 2.21. The molecular weight excluding hydrogens is 218 g/mol. The Morgan fingerprint density at radius 1 is 1.17 bits per heavy atom. The lowest BCUT2D eigenvalue weighted by Crippen LogP contribution is -2.24. The number of rotatable bonds is 6. The van der Waals surface area contributed by atoms with E-state index >= 15 is 0 Å². The third kappa shape index (κ3) is 3.35. The summed E-state index contributed by atoms with van der Waals surface area (Å²) in [4.78, 5) is 0. The maximum Gasteiger partial charge on any atom is 0.0325 e. The van der Waals surface area contributed by atoms with Crippen LogP contribution in [0, 0.1) is 5.92 Å². The van der Waals surface area contributed by atoms with Crippen molar-refractivity contribution in [1.29, 1.82) is 0 Å². The Labute approximate surface area is 112 Å². The molecule has 0 saturated heterocycles. The molecule has 1 N–H and O–H groups in total. The van der Waals surface area contributed by atoms with Gasteiger partial charge >= 0.3 is 0 Å². The molecule has 2 rings (SSSR count). The summed E-state index contributed by atoms with van der Waals surface area (Å²) in [5.41, 5.74) is 3.05. The Bertz CT molecular complexity index is 352. The fourth-order valence-electron chi connectivity index (χ4n) is 3.34. The maximum absolute atomic E-state index is 3.70. The van der Waals surface area contributed by atoms with Crippen LogP contribution in [-0.4, -0.2) is 6.54 Å². The van der Waals surface area contributed by atoms with E-state index < -0.39 is 0 Å². The van der Waals surface area contributed by atoms with E-state index in [1.165, 1.54) is 43.2 Å². The van der Waals surface area contributed by atoms with Crippen molar-refractivity contribution in [1.82, 2.24) is 5.32 Å². The van der Waals surface area contributed by atoms with Gasteiger partial charge in [-0.15, -0.1) is 0 Å². The van der Waals surface area contributed by atoms with Crippen LogP contribution in [-0.2, 0) is 6.42 Å². The normalized spacial score (nSPS) is 18.1. The van der Waals surface area contributed by atoms with Crippen molar-refractivity contribution in [3.63, 3.8) is 0 Å². The highest BCUT2D eigenvalue weighted by molar-refractivity contribution is 5.30. The predicted molar refractivity (Wildman–Crippen MR) is 78.8 cm³/mol. The SMILES string of the molecule is CCNC(CC1CCCC1)c1ccccc1CC. The lowest BCUT2D eigenvalue weighted by Gasteiger charge is -2.24. The third-order valence-electron chi connectivity index (χ3n) is 4.31. The lowest BCUT2D eigenvalue weighted by molar-refractivity contribution is 0.399. The summed E-state index contributed by atoms with van der Waals surface area (Å²) in [7, 11) is 0. The van der Waals surface area contributed by atoms with Crippen molar-refractivity contribution < 1.29 is 0 Å².